The van der Waals surface area contributed by atoms with Gasteiger partial charge in [-0.15, -0.1) is 0 Å². The molecule has 0 saturated heterocycles. The van der Waals surface area contributed by atoms with Crippen molar-refractivity contribution < 1.29 is 5.11 Å². The zero-order valence-corrected chi connectivity index (χ0v) is 9.91. The van der Waals surface area contributed by atoms with Crippen LogP contribution in [0.1, 0.15) is 31.9 Å². The average Bonchev–Trinajstić information content (AvgIpc) is 2.19. The number of phenolic OH excluding ortho intramolecular Hbond substituents is 1. The largest absolute Gasteiger partial charge is 0.507 e. The molecule has 0 aliphatic heterocycles. The molecule has 0 heterocycles. The van der Waals surface area contributed by atoms with E-state index in [1.165, 1.54) is 0 Å². The predicted octanol–water partition coefficient (Wildman–Crippen LogP) is 2.62. The Balaban J connectivity index is 3.17. The van der Waals surface area contributed by atoms with Crippen molar-refractivity contribution >= 4 is 6.08 Å². The lowest BCUT2D eigenvalue weighted by atomic mass is 9.85. The van der Waals surface area contributed by atoms with E-state index < -0.39 is 0 Å². The quantitative estimate of drug-likeness (QED) is 0.559. The monoisotopic (exact) mass is 215 g/mol. The Hall–Kier alpha value is -1.88. The van der Waals surface area contributed by atoms with Crippen molar-refractivity contribution in [3.63, 3.8) is 0 Å². The molecular weight excluding hydrogens is 198 g/mol. The molecule has 0 bridgehead atoms. The van der Waals surface area contributed by atoms with Crippen LogP contribution in [-0.2, 0) is 5.41 Å². The van der Waals surface area contributed by atoms with Crippen molar-refractivity contribution in [2.24, 2.45) is 5.73 Å². The van der Waals surface area contributed by atoms with Gasteiger partial charge in [0, 0.05) is 11.6 Å². The van der Waals surface area contributed by atoms with Gasteiger partial charge in [0.25, 0.3) is 0 Å². The van der Waals surface area contributed by atoms with Crippen molar-refractivity contribution in [3.05, 3.63) is 35.4 Å². The molecule has 0 aromatic heterocycles. The van der Waals surface area contributed by atoms with Gasteiger partial charge >= 0.3 is 0 Å². The number of phenols is 1. The van der Waals surface area contributed by atoms with E-state index in [1.54, 1.807) is 12.2 Å². The fraction of sp³-hybridized carbons (Fsp3) is 0.286. The van der Waals surface area contributed by atoms with Crippen LogP contribution in [0.15, 0.2) is 24.3 Å². The zero-order chi connectivity index (χ0) is 12.2. The number of aromatic hydroxyl groups is 1. The van der Waals surface area contributed by atoms with E-state index >= 15 is 0 Å². The van der Waals surface area contributed by atoms with Gasteiger partial charge in [-0.3, -0.25) is 0 Å². The second kappa shape index (κ2) is 4.76. The molecule has 16 heavy (non-hydrogen) atoms. The molecule has 1 aromatic rings. The molecule has 0 aliphatic rings. The lowest BCUT2D eigenvalue weighted by Crippen LogP contribution is -2.11. The first kappa shape index (κ1) is 12.2. The van der Waals surface area contributed by atoms with Gasteiger partial charge in [0.05, 0.1) is 0 Å². The van der Waals surface area contributed by atoms with E-state index in [9.17, 15) is 5.11 Å². The minimum absolute atomic E-state index is 0.0759. The van der Waals surface area contributed by atoms with Gasteiger partial charge in [-0.2, -0.15) is 0 Å². The number of allylic oxidation sites excluding steroid dienone is 1. The topological polar surface area (TPSA) is 46.2 Å². The molecule has 1 rings (SSSR count). The molecule has 0 aliphatic carbocycles. The highest BCUT2D eigenvalue weighted by atomic mass is 16.3. The second-order valence-electron chi connectivity index (χ2n) is 4.62. The summed E-state index contributed by atoms with van der Waals surface area (Å²) in [5.74, 6) is 2.93. The lowest BCUT2D eigenvalue weighted by Gasteiger charge is -2.21. The van der Waals surface area contributed by atoms with Crippen LogP contribution in [0.25, 0.3) is 6.08 Å². The Labute approximate surface area is 96.8 Å². The molecule has 0 spiro atoms. The van der Waals surface area contributed by atoms with Gasteiger partial charge in [-0.1, -0.05) is 44.9 Å². The van der Waals surface area contributed by atoms with Crippen LogP contribution in [0.5, 0.6) is 5.75 Å². The minimum atomic E-state index is -0.0759. The summed E-state index contributed by atoms with van der Waals surface area (Å²) in [5.41, 5.74) is 6.66. The van der Waals surface area contributed by atoms with Gasteiger partial charge in [0.2, 0.25) is 0 Å². The molecule has 1 aromatic carbocycles. The lowest BCUT2D eigenvalue weighted by molar-refractivity contribution is 0.445. The third kappa shape index (κ3) is 2.80. The Morgan fingerprint density at radius 2 is 2.00 bits per heavy atom. The number of benzene rings is 1. The maximum atomic E-state index is 10.1. The summed E-state index contributed by atoms with van der Waals surface area (Å²) in [7, 11) is 0. The van der Waals surface area contributed by atoms with Crippen molar-refractivity contribution in [3.8, 4) is 17.7 Å². The maximum Gasteiger partial charge on any atom is 0.126 e. The van der Waals surface area contributed by atoms with Crippen molar-refractivity contribution in [2.75, 3.05) is 0 Å². The highest BCUT2D eigenvalue weighted by Gasteiger charge is 2.18. The number of para-hydroxylation sites is 1. The first-order chi connectivity index (χ1) is 7.46. The summed E-state index contributed by atoms with van der Waals surface area (Å²) in [6.07, 6.45) is 3.38. The molecule has 0 amide bonds. The van der Waals surface area contributed by atoms with Crippen LogP contribution in [0.4, 0.5) is 0 Å². The van der Waals surface area contributed by atoms with Gasteiger partial charge in [-0.25, -0.2) is 0 Å². The summed E-state index contributed by atoms with van der Waals surface area (Å²) >= 11 is 0. The highest BCUT2D eigenvalue weighted by molar-refractivity contribution is 5.62. The van der Waals surface area contributed by atoms with Gasteiger partial charge in [-0.05, 0) is 23.1 Å². The number of hydrogen-bond donors (Lipinski definition) is 2. The minimum Gasteiger partial charge on any atom is -0.507 e. The molecule has 0 radical (unpaired) electrons. The second-order valence-corrected chi connectivity index (χ2v) is 4.62. The molecule has 0 saturated carbocycles. The SMILES string of the molecule is CC(C)(C)c1cccc(C=CC#CN)c1O. The van der Waals surface area contributed by atoms with E-state index in [0.717, 1.165) is 11.1 Å². The Morgan fingerprint density at radius 3 is 2.56 bits per heavy atom. The molecule has 3 N–H and O–H groups in total. The van der Waals surface area contributed by atoms with Crippen molar-refractivity contribution in [2.45, 2.75) is 26.2 Å². The third-order valence-electron chi connectivity index (χ3n) is 2.30. The Bertz CT molecular complexity index is 456. The molecule has 84 valence electrons. The zero-order valence-electron chi connectivity index (χ0n) is 9.91. The van der Waals surface area contributed by atoms with Crippen molar-refractivity contribution in [1.82, 2.24) is 0 Å². The first-order valence-electron chi connectivity index (χ1n) is 5.17. The van der Waals surface area contributed by atoms with E-state index in [-0.39, 0.29) is 5.41 Å². The first-order valence-corrected chi connectivity index (χ1v) is 5.17. The van der Waals surface area contributed by atoms with E-state index in [0.29, 0.717) is 5.75 Å². The number of nitrogens with two attached hydrogens (primary N) is 1. The molecule has 0 fully saturated rings. The van der Waals surface area contributed by atoms with Gasteiger partial charge in [0.15, 0.2) is 0 Å². The van der Waals surface area contributed by atoms with Gasteiger partial charge < -0.3 is 10.8 Å². The Morgan fingerprint density at radius 1 is 1.31 bits per heavy atom. The summed E-state index contributed by atoms with van der Waals surface area (Å²) in [5, 5.41) is 10.1. The molecule has 2 nitrogen and oxygen atoms in total. The van der Waals surface area contributed by atoms with Gasteiger partial charge in [0.1, 0.15) is 5.75 Å². The van der Waals surface area contributed by atoms with Crippen LogP contribution in [0, 0.1) is 12.0 Å². The van der Waals surface area contributed by atoms with E-state index in [2.05, 4.69) is 32.7 Å². The fourth-order valence-corrected chi connectivity index (χ4v) is 1.48. The van der Waals surface area contributed by atoms with Crippen LogP contribution in [0.2, 0.25) is 0 Å². The van der Waals surface area contributed by atoms with Crippen LogP contribution < -0.4 is 5.73 Å². The van der Waals surface area contributed by atoms with E-state index in [1.807, 2.05) is 18.2 Å². The van der Waals surface area contributed by atoms with Crippen LogP contribution in [-0.4, -0.2) is 5.11 Å². The maximum absolute atomic E-state index is 10.1. The summed E-state index contributed by atoms with van der Waals surface area (Å²) < 4.78 is 0. The molecule has 0 unspecified atom stereocenters. The molecule has 2 heteroatoms. The van der Waals surface area contributed by atoms with Crippen LogP contribution in [0.3, 0.4) is 0 Å². The number of rotatable bonds is 1. The predicted molar refractivity (Wildman–Crippen MR) is 67.8 cm³/mol. The smallest absolute Gasteiger partial charge is 0.126 e. The highest BCUT2D eigenvalue weighted by Crippen LogP contribution is 2.33. The summed E-state index contributed by atoms with van der Waals surface area (Å²) in [4.78, 5) is 0. The van der Waals surface area contributed by atoms with Crippen molar-refractivity contribution in [1.29, 1.82) is 0 Å². The number of hydrogen-bond acceptors (Lipinski definition) is 2. The third-order valence-corrected chi connectivity index (χ3v) is 2.30. The fourth-order valence-electron chi connectivity index (χ4n) is 1.48. The van der Waals surface area contributed by atoms with Crippen LogP contribution >= 0.6 is 0 Å². The Kier molecular flexibility index (Phi) is 3.63. The standard InChI is InChI=1S/C14H17NO/c1-14(2,3)12-9-6-8-11(13(12)16)7-4-5-10-15/h4,6-9,16H,15H2,1-3H3. The molecule has 0 atom stereocenters. The normalized spacial score (nSPS) is 11.2. The summed E-state index contributed by atoms with van der Waals surface area (Å²) in [6, 6.07) is 7.99. The summed E-state index contributed by atoms with van der Waals surface area (Å²) in [6.45, 7) is 6.19. The average molecular weight is 215 g/mol. The molecular formula is C14H17NO. The van der Waals surface area contributed by atoms with E-state index in [4.69, 9.17) is 5.73 Å².